The van der Waals surface area contributed by atoms with Gasteiger partial charge in [0, 0.05) is 50.7 Å². The van der Waals surface area contributed by atoms with Crippen LogP contribution in [-0.4, -0.2) is 88.8 Å². The molecular weight excluding hydrogens is 476 g/mol. The molecule has 0 bridgehead atoms. The predicted molar refractivity (Wildman–Crippen MR) is 141 cm³/mol. The number of amides is 2. The molecule has 196 valence electrons. The lowest BCUT2D eigenvalue weighted by molar-refractivity contribution is -0.133. The number of nitrogens with zero attached hydrogens (tertiary/aromatic N) is 5. The maximum absolute atomic E-state index is 13.3. The topological polar surface area (TPSA) is 102 Å². The van der Waals surface area contributed by atoms with Gasteiger partial charge in [0.05, 0.1) is 11.4 Å². The fraction of sp³-hybridized carbons (Fsp3) is 0.692. The lowest BCUT2D eigenvalue weighted by atomic mass is 9.80. The number of nitrogens with one attached hydrogen (secondary N) is 1. The quantitative estimate of drug-likeness (QED) is 0.640. The summed E-state index contributed by atoms with van der Waals surface area (Å²) < 4.78 is 5.49. The first-order chi connectivity index (χ1) is 17.2. The molecule has 10 heteroatoms. The first kappa shape index (κ1) is 26.6. The number of rotatable bonds is 5. The van der Waals surface area contributed by atoms with Crippen molar-refractivity contribution in [1.29, 1.82) is 5.26 Å². The Kier molecular flexibility index (Phi) is 8.62. The highest BCUT2D eigenvalue weighted by Crippen LogP contribution is 2.32. The molecule has 3 fully saturated rings. The van der Waals surface area contributed by atoms with Crippen LogP contribution in [0.4, 0.5) is 10.6 Å². The number of nitriles is 1. The van der Waals surface area contributed by atoms with Gasteiger partial charge in [-0.25, -0.2) is 9.78 Å². The summed E-state index contributed by atoms with van der Waals surface area (Å²) in [5.74, 6) is 2.71. The van der Waals surface area contributed by atoms with Crippen LogP contribution in [0.1, 0.15) is 52.0 Å². The maximum Gasteiger partial charge on any atom is 0.408 e. The highest BCUT2D eigenvalue weighted by Gasteiger charge is 2.38. The van der Waals surface area contributed by atoms with Crippen molar-refractivity contribution in [2.45, 2.75) is 64.1 Å². The molecule has 2 amide bonds. The molecule has 36 heavy (non-hydrogen) atoms. The van der Waals surface area contributed by atoms with Gasteiger partial charge in [-0.3, -0.25) is 9.69 Å². The molecular formula is C26H38N6O3S. The molecule has 0 radical (unpaired) electrons. The smallest absolute Gasteiger partial charge is 0.408 e. The number of piperazine rings is 1. The second kappa shape index (κ2) is 11.7. The van der Waals surface area contributed by atoms with Crippen LogP contribution in [0.25, 0.3) is 0 Å². The first-order valence-electron chi connectivity index (χ1n) is 12.9. The van der Waals surface area contributed by atoms with Gasteiger partial charge in [0.2, 0.25) is 5.91 Å². The molecule has 1 aromatic heterocycles. The van der Waals surface area contributed by atoms with Crippen LogP contribution in [0.15, 0.2) is 18.3 Å². The van der Waals surface area contributed by atoms with Crippen molar-refractivity contribution in [3.8, 4) is 6.07 Å². The van der Waals surface area contributed by atoms with Crippen LogP contribution in [0, 0.1) is 17.2 Å². The van der Waals surface area contributed by atoms with E-state index in [1.165, 1.54) is 0 Å². The highest BCUT2D eigenvalue weighted by atomic mass is 32.2. The van der Waals surface area contributed by atoms with Crippen LogP contribution >= 0.6 is 11.8 Å². The Bertz CT molecular complexity index is 938. The van der Waals surface area contributed by atoms with Gasteiger partial charge in [0.15, 0.2) is 0 Å². The van der Waals surface area contributed by atoms with Gasteiger partial charge in [0.1, 0.15) is 23.5 Å². The molecule has 1 N–H and O–H groups in total. The molecule has 3 aliphatic rings. The zero-order chi connectivity index (χ0) is 25.7. The Balaban J connectivity index is 1.31. The maximum atomic E-state index is 13.3. The zero-order valence-corrected chi connectivity index (χ0v) is 22.4. The summed E-state index contributed by atoms with van der Waals surface area (Å²) in [6, 6.07) is 5.83. The van der Waals surface area contributed by atoms with Gasteiger partial charge >= 0.3 is 6.09 Å². The van der Waals surface area contributed by atoms with E-state index in [1.807, 2.05) is 37.8 Å². The number of ether oxygens (including phenoxy) is 1. The molecule has 1 atom stereocenters. The SMILES string of the molecule is CC(C)(C)OC(=O)N[C@H](C(=O)N1CCSC1)[C@H]1CC[C@H](N2CCN(c3ccc(C#N)cn3)CC2)CC1. The Hall–Kier alpha value is -2.51. The van der Waals surface area contributed by atoms with Gasteiger partial charge in [-0.1, -0.05) is 0 Å². The van der Waals surface area contributed by atoms with Crippen LogP contribution < -0.4 is 10.2 Å². The van der Waals surface area contributed by atoms with Crippen molar-refractivity contribution in [3.63, 3.8) is 0 Å². The molecule has 1 aromatic rings. The number of hydrogen-bond acceptors (Lipinski definition) is 8. The second-order valence-corrected chi connectivity index (χ2v) is 11.9. The number of thioether (sulfide) groups is 1. The molecule has 9 nitrogen and oxygen atoms in total. The van der Waals surface area contributed by atoms with E-state index in [2.05, 4.69) is 26.2 Å². The lowest BCUT2D eigenvalue weighted by Crippen LogP contribution is -2.55. The average molecular weight is 515 g/mol. The number of hydrogen-bond donors (Lipinski definition) is 1. The Morgan fingerprint density at radius 2 is 1.86 bits per heavy atom. The molecule has 3 heterocycles. The molecule has 0 aromatic carbocycles. The lowest BCUT2D eigenvalue weighted by Gasteiger charge is -2.43. The molecule has 1 aliphatic carbocycles. The summed E-state index contributed by atoms with van der Waals surface area (Å²) in [7, 11) is 0. The van der Waals surface area contributed by atoms with E-state index in [0.29, 0.717) is 17.5 Å². The first-order valence-corrected chi connectivity index (χ1v) is 14.1. The van der Waals surface area contributed by atoms with Crippen LogP contribution in [0.3, 0.4) is 0 Å². The number of carbonyl (C=O) groups is 2. The van der Waals surface area contributed by atoms with E-state index in [9.17, 15) is 9.59 Å². The highest BCUT2D eigenvalue weighted by molar-refractivity contribution is 7.99. The number of anilines is 1. The fourth-order valence-corrected chi connectivity index (χ4v) is 6.31. The van der Waals surface area contributed by atoms with E-state index in [4.69, 9.17) is 10.00 Å². The minimum atomic E-state index is -0.603. The zero-order valence-electron chi connectivity index (χ0n) is 21.6. The van der Waals surface area contributed by atoms with Gasteiger partial charge in [0.25, 0.3) is 0 Å². The van der Waals surface area contributed by atoms with E-state index in [0.717, 1.165) is 70.0 Å². The third-order valence-corrected chi connectivity index (χ3v) is 8.21. The summed E-state index contributed by atoms with van der Waals surface area (Å²) in [5, 5.41) is 11.9. The van der Waals surface area contributed by atoms with Gasteiger partial charge in [-0.2, -0.15) is 5.26 Å². The normalized spacial score (nSPS) is 24.2. The summed E-state index contributed by atoms with van der Waals surface area (Å²) in [4.78, 5) is 37.1. The number of carbonyl (C=O) groups excluding carboxylic acids is 2. The average Bonchev–Trinajstić information content (AvgIpc) is 3.41. The fourth-order valence-electron chi connectivity index (χ4n) is 5.36. The van der Waals surface area contributed by atoms with E-state index < -0.39 is 17.7 Å². The predicted octanol–water partition coefficient (Wildman–Crippen LogP) is 3.06. The van der Waals surface area contributed by atoms with E-state index >= 15 is 0 Å². The van der Waals surface area contributed by atoms with Crippen molar-refractivity contribution in [1.82, 2.24) is 20.1 Å². The molecule has 2 saturated heterocycles. The molecule has 2 aliphatic heterocycles. The number of pyridine rings is 1. The van der Waals surface area contributed by atoms with Gasteiger partial charge in [-0.05, 0) is 64.5 Å². The van der Waals surface area contributed by atoms with Crippen molar-refractivity contribution in [2.24, 2.45) is 5.92 Å². The summed E-state index contributed by atoms with van der Waals surface area (Å²) >= 11 is 1.75. The molecule has 4 rings (SSSR count). The van der Waals surface area contributed by atoms with Crippen LogP contribution in [0.2, 0.25) is 0 Å². The summed E-state index contributed by atoms with van der Waals surface area (Å²) in [6.07, 6.45) is 4.99. The third-order valence-electron chi connectivity index (χ3n) is 7.25. The molecule has 0 spiro atoms. The Labute approximate surface area is 218 Å². The largest absolute Gasteiger partial charge is 0.444 e. The minimum Gasteiger partial charge on any atom is -0.444 e. The van der Waals surface area contributed by atoms with Crippen LogP contribution in [0.5, 0.6) is 0 Å². The van der Waals surface area contributed by atoms with Gasteiger partial charge < -0.3 is 19.9 Å². The van der Waals surface area contributed by atoms with E-state index in [1.54, 1.807) is 18.0 Å². The number of aromatic nitrogens is 1. The van der Waals surface area contributed by atoms with Crippen LogP contribution in [-0.2, 0) is 9.53 Å². The summed E-state index contributed by atoms with van der Waals surface area (Å²) in [6.45, 7) is 10.0. The Morgan fingerprint density at radius 3 is 2.42 bits per heavy atom. The number of alkyl carbamates (subject to hydrolysis) is 1. The Morgan fingerprint density at radius 1 is 1.14 bits per heavy atom. The molecule has 0 unspecified atom stereocenters. The third kappa shape index (κ3) is 6.83. The standard InChI is InChI=1S/C26H38N6O3S/c1-26(2,3)35-25(34)29-23(24(33)32-14-15-36-18-32)20-5-7-21(8-6-20)30-10-12-31(13-11-30)22-9-4-19(16-27)17-28-22/h4,9,17,20-21,23H,5-8,10-15,18H2,1-3H3,(H,29,34)/t20-,21-,23-/m0/s1. The molecule has 1 saturated carbocycles. The minimum absolute atomic E-state index is 0.0258. The van der Waals surface area contributed by atoms with Gasteiger partial charge in [-0.15, -0.1) is 11.8 Å². The van der Waals surface area contributed by atoms with E-state index in [-0.39, 0.29) is 11.8 Å². The van der Waals surface area contributed by atoms with Crippen molar-refractivity contribution >= 4 is 29.6 Å². The monoisotopic (exact) mass is 514 g/mol. The summed E-state index contributed by atoms with van der Waals surface area (Å²) in [5.41, 5.74) is -0.0237. The van der Waals surface area contributed by atoms with Crippen molar-refractivity contribution < 1.29 is 14.3 Å². The second-order valence-electron chi connectivity index (χ2n) is 10.9. The van der Waals surface area contributed by atoms with Crippen molar-refractivity contribution in [3.05, 3.63) is 23.9 Å². The van der Waals surface area contributed by atoms with Crippen molar-refractivity contribution in [2.75, 3.05) is 49.3 Å².